The molecule has 3 rings (SSSR count). The van der Waals surface area contributed by atoms with E-state index in [0.717, 1.165) is 6.07 Å². The average Bonchev–Trinajstić information content (AvgIpc) is 3.08. The van der Waals surface area contributed by atoms with E-state index < -0.39 is 11.7 Å². The third kappa shape index (κ3) is 3.52. The Bertz CT molecular complexity index is 725. The largest absolute Gasteiger partial charge is 0.418 e. The fourth-order valence-corrected chi connectivity index (χ4v) is 3.58. The van der Waals surface area contributed by atoms with Gasteiger partial charge in [0.2, 0.25) is 0 Å². The van der Waals surface area contributed by atoms with Crippen LogP contribution in [0.15, 0.2) is 35.7 Å². The first-order valence-electron chi connectivity index (χ1n) is 7.31. The number of nitrogens with zero attached hydrogens (tertiary/aromatic N) is 2. The molecule has 0 N–H and O–H groups in total. The smallest absolute Gasteiger partial charge is 0.367 e. The van der Waals surface area contributed by atoms with Gasteiger partial charge in [-0.15, -0.1) is 11.3 Å². The molecule has 0 bridgehead atoms. The predicted octanol–water partition coefficient (Wildman–Crippen LogP) is 4.38. The molecule has 1 amide bonds. The van der Waals surface area contributed by atoms with E-state index in [2.05, 4.69) is 0 Å². The number of halogens is 4. The molecule has 2 heterocycles. The van der Waals surface area contributed by atoms with Crippen LogP contribution in [0, 0.1) is 0 Å². The van der Waals surface area contributed by atoms with Crippen LogP contribution in [-0.2, 0) is 6.18 Å². The maximum absolute atomic E-state index is 13.2. The van der Waals surface area contributed by atoms with Gasteiger partial charge < -0.3 is 9.80 Å². The Labute approximate surface area is 146 Å². The minimum atomic E-state index is -4.47. The molecule has 1 aliphatic rings. The molecule has 24 heavy (non-hydrogen) atoms. The quantitative estimate of drug-likeness (QED) is 0.778. The molecule has 8 heteroatoms. The lowest BCUT2D eigenvalue weighted by Gasteiger charge is -2.37. The van der Waals surface area contributed by atoms with Crippen LogP contribution in [0.2, 0.25) is 5.02 Å². The van der Waals surface area contributed by atoms with Crippen molar-refractivity contribution in [3.8, 4) is 0 Å². The molecule has 1 aromatic carbocycles. The van der Waals surface area contributed by atoms with Gasteiger partial charge in [0.25, 0.3) is 5.91 Å². The van der Waals surface area contributed by atoms with Crippen molar-refractivity contribution in [3.05, 3.63) is 51.2 Å². The number of piperazine rings is 1. The normalized spacial score (nSPS) is 15.7. The summed E-state index contributed by atoms with van der Waals surface area (Å²) in [5, 5.41) is 1.88. The average molecular weight is 375 g/mol. The highest BCUT2D eigenvalue weighted by Crippen LogP contribution is 2.38. The summed E-state index contributed by atoms with van der Waals surface area (Å²) in [6, 6.07) is 7.34. The Hall–Kier alpha value is -1.73. The SMILES string of the molecule is O=C(c1cccs1)N1CCN(c2ccc(Cl)cc2C(F)(F)F)CC1. The minimum absolute atomic E-state index is 0.0533. The lowest BCUT2D eigenvalue weighted by atomic mass is 10.1. The molecular formula is C16H14ClF3N2OS. The van der Waals surface area contributed by atoms with Crippen molar-refractivity contribution in [2.75, 3.05) is 31.1 Å². The second-order valence-electron chi connectivity index (χ2n) is 5.42. The summed E-state index contributed by atoms with van der Waals surface area (Å²) in [6.07, 6.45) is -4.47. The number of anilines is 1. The van der Waals surface area contributed by atoms with E-state index >= 15 is 0 Å². The molecule has 0 unspecified atom stereocenters. The number of carbonyl (C=O) groups excluding carboxylic acids is 1. The van der Waals surface area contributed by atoms with Gasteiger partial charge in [0.15, 0.2) is 0 Å². The standard InChI is InChI=1S/C16H14ClF3N2OS/c17-11-3-4-13(12(10-11)16(18,19)20)21-5-7-22(8-6-21)15(23)14-2-1-9-24-14/h1-4,9-10H,5-8H2. The molecule has 128 valence electrons. The molecule has 0 saturated carbocycles. The van der Waals surface area contributed by atoms with Crippen molar-refractivity contribution >= 4 is 34.5 Å². The zero-order valence-electron chi connectivity index (χ0n) is 12.5. The van der Waals surface area contributed by atoms with E-state index in [-0.39, 0.29) is 16.6 Å². The lowest BCUT2D eigenvalue weighted by Crippen LogP contribution is -2.49. The van der Waals surface area contributed by atoms with E-state index in [1.807, 2.05) is 5.38 Å². The van der Waals surface area contributed by atoms with Crippen molar-refractivity contribution < 1.29 is 18.0 Å². The number of thiophene rings is 1. The van der Waals surface area contributed by atoms with E-state index in [1.54, 1.807) is 21.9 Å². The molecule has 0 aliphatic carbocycles. The number of alkyl halides is 3. The van der Waals surface area contributed by atoms with Gasteiger partial charge in [0.1, 0.15) is 0 Å². The van der Waals surface area contributed by atoms with Crippen LogP contribution in [0.3, 0.4) is 0 Å². The topological polar surface area (TPSA) is 23.6 Å². The van der Waals surface area contributed by atoms with Gasteiger partial charge in [-0.1, -0.05) is 17.7 Å². The third-order valence-electron chi connectivity index (χ3n) is 3.90. The Morgan fingerprint density at radius 3 is 2.42 bits per heavy atom. The zero-order chi connectivity index (χ0) is 17.3. The summed E-state index contributed by atoms with van der Waals surface area (Å²) in [7, 11) is 0. The van der Waals surface area contributed by atoms with Gasteiger partial charge >= 0.3 is 6.18 Å². The molecule has 0 radical (unpaired) electrons. The Balaban J connectivity index is 1.75. The summed E-state index contributed by atoms with van der Waals surface area (Å²) >= 11 is 7.07. The number of carbonyl (C=O) groups is 1. The monoisotopic (exact) mass is 374 g/mol. The van der Waals surface area contributed by atoms with Gasteiger partial charge in [-0.25, -0.2) is 0 Å². The third-order valence-corrected chi connectivity index (χ3v) is 5.00. The van der Waals surface area contributed by atoms with Crippen molar-refractivity contribution in [2.45, 2.75) is 6.18 Å². The Kier molecular flexibility index (Phi) is 4.73. The van der Waals surface area contributed by atoms with Crippen molar-refractivity contribution in [2.24, 2.45) is 0 Å². The van der Waals surface area contributed by atoms with Crippen LogP contribution < -0.4 is 4.90 Å². The summed E-state index contributed by atoms with van der Waals surface area (Å²) in [4.78, 5) is 16.3. The van der Waals surface area contributed by atoms with Crippen molar-refractivity contribution in [3.63, 3.8) is 0 Å². The second kappa shape index (κ2) is 6.64. The number of benzene rings is 1. The molecule has 0 atom stereocenters. The van der Waals surface area contributed by atoms with Crippen LogP contribution in [0.5, 0.6) is 0 Å². The first-order valence-corrected chi connectivity index (χ1v) is 8.56. The number of rotatable bonds is 2. The Morgan fingerprint density at radius 1 is 1.12 bits per heavy atom. The highest BCUT2D eigenvalue weighted by atomic mass is 35.5. The molecule has 1 fully saturated rings. The zero-order valence-corrected chi connectivity index (χ0v) is 14.1. The number of hydrogen-bond donors (Lipinski definition) is 0. The lowest BCUT2D eigenvalue weighted by molar-refractivity contribution is -0.137. The number of amides is 1. The van der Waals surface area contributed by atoms with Crippen LogP contribution in [0.25, 0.3) is 0 Å². The first-order chi connectivity index (χ1) is 11.4. The summed E-state index contributed by atoms with van der Waals surface area (Å²) < 4.78 is 39.7. The number of hydrogen-bond acceptors (Lipinski definition) is 3. The molecule has 1 aliphatic heterocycles. The van der Waals surface area contributed by atoms with Crippen LogP contribution >= 0.6 is 22.9 Å². The van der Waals surface area contributed by atoms with Gasteiger partial charge in [0, 0.05) is 36.9 Å². The highest BCUT2D eigenvalue weighted by molar-refractivity contribution is 7.12. The van der Waals surface area contributed by atoms with Crippen LogP contribution in [0.4, 0.5) is 18.9 Å². The Morgan fingerprint density at radius 2 is 1.83 bits per heavy atom. The van der Waals surface area contributed by atoms with Crippen LogP contribution in [0.1, 0.15) is 15.2 Å². The molecular weight excluding hydrogens is 361 g/mol. The first kappa shape index (κ1) is 17.1. The summed E-state index contributed by atoms with van der Waals surface area (Å²) in [6.45, 7) is 1.47. The summed E-state index contributed by atoms with van der Waals surface area (Å²) in [5.41, 5.74) is -0.636. The fraction of sp³-hybridized carbons (Fsp3) is 0.312. The maximum Gasteiger partial charge on any atom is 0.418 e. The molecule has 0 spiro atoms. The van der Waals surface area contributed by atoms with Crippen molar-refractivity contribution in [1.29, 1.82) is 0 Å². The second-order valence-corrected chi connectivity index (χ2v) is 6.80. The summed E-state index contributed by atoms with van der Waals surface area (Å²) in [5.74, 6) is -0.0724. The maximum atomic E-state index is 13.2. The predicted molar refractivity (Wildman–Crippen MR) is 88.9 cm³/mol. The van der Waals surface area contributed by atoms with Crippen molar-refractivity contribution in [1.82, 2.24) is 4.90 Å². The van der Waals surface area contributed by atoms with E-state index in [1.165, 1.54) is 23.5 Å². The molecule has 2 aromatic rings. The molecule has 3 nitrogen and oxygen atoms in total. The van der Waals surface area contributed by atoms with Crippen LogP contribution in [-0.4, -0.2) is 37.0 Å². The van der Waals surface area contributed by atoms with Gasteiger partial charge in [-0.3, -0.25) is 4.79 Å². The van der Waals surface area contributed by atoms with E-state index in [4.69, 9.17) is 11.6 Å². The fourth-order valence-electron chi connectivity index (χ4n) is 2.72. The van der Waals surface area contributed by atoms with Gasteiger partial charge in [-0.2, -0.15) is 13.2 Å². The minimum Gasteiger partial charge on any atom is -0.367 e. The van der Waals surface area contributed by atoms with Gasteiger partial charge in [-0.05, 0) is 29.6 Å². The van der Waals surface area contributed by atoms with E-state index in [9.17, 15) is 18.0 Å². The van der Waals surface area contributed by atoms with Gasteiger partial charge in [0.05, 0.1) is 10.4 Å². The molecule has 1 aromatic heterocycles. The highest BCUT2D eigenvalue weighted by Gasteiger charge is 2.36. The molecule has 1 saturated heterocycles. The van der Waals surface area contributed by atoms with E-state index in [0.29, 0.717) is 31.1 Å².